The van der Waals surface area contributed by atoms with E-state index in [1.165, 1.54) is 15.9 Å². The number of thiazole rings is 1. The van der Waals surface area contributed by atoms with Gasteiger partial charge in [-0.05, 0) is 72.7 Å². The first-order valence-corrected chi connectivity index (χ1v) is 13.9. The monoisotopic (exact) mass is 577 g/mol. The zero-order chi connectivity index (χ0) is 29.2. The maximum absolute atomic E-state index is 13.4. The second-order valence-corrected chi connectivity index (χ2v) is 10.4. The Bertz CT molecular complexity index is 2040. The van der Waals surface area contributed by atoms with Crippen LogP contribution in [-0.2, 0) is 0 Å². The van der Waals surface area contributed by atoms with E-state index in [-0.39, 0.29) is 5.56 Å². The average molecular weight is 578 g/mol. The quantitative estimate of drug-likeness (QED) is 0.250. The molecule has 0 atom stereocenters. The molecule has 3 aromatic carbocycles. The Labute approximate surface area is 245 Å². The van der Waals surface area contributed by atoms with Crippen molar-refractivity contribution >= 4 is 34.5 Å². The van der Waals surface area contributed by atoms with E-state index in [0.717, 1.165) is 39.4 Å². The van der Waals surface area contributed by atoms with Gasteiger partial charge in [0.15, 0.2) is 17.3 Å². The second kappa shape index (κ2) is 11.3. The first-order valence-electron chi connectivity index (χ1n) is 13.1. The number of aryl methyl sites for hydroxylation is 1. The Kier molecular flexibility index (Phi) is 7.28. The molecule has 0 spiro atoms. The van der Waals surface area contributed by atoms with Crippen LogP contribution in [0.4, 0.5) is 0 Å². The van der Waals surface area contributed by atoms with Gasteiger partial charge >= 0.3 is 0 Å². The molecule has 0 aliphatic carbocycles. The van der Waals surface area contributed by atoms with Gasteiger partial charge in [-0.1, -0.05) is 41.7 Å². The van der Waals surface area contributed by atoms with Gasteiger partial charge < -0.3 is 14.2 Å². The van der Waals surface area contributed by atoms with Gasteiger partial charge in [0, 0.05) is 17.3 Å². The Hall–Kier alpha value is -5.22. The van der Waals surface area contributed by atoms with Crippen LogP contribution in [0.5, 0.6) is 17.2 Å². The Morgan fingerprint density at radius 3 is 2.31 bits per heavy atom. The summed E-state index contributed by atoms with van der Waals surface area (Å²) in [5.74, 6) is 2.51. The van der Waals surface area contributed by atoms with E-state index < -0.39 is 0 Å². The van der Waals surface area contributed by atoms with E-state index >= 15 is 0 Å². The second-order valence-electron chi connectivity index (χ2n) is 9.43. The number of benzene rings is 3. The molecule has 0 aliphatic heterocycles. The highest BCUT2D eigenvalue weighted by Gasteiger charge is 2.15. The number of aromatic nitrogens is 5. The van der Waals surface area contributed by atoms with E-state index in [9.17, 15) is 4.79 Å². The summed E-state index contributed by atoms with van der Waals surface area (Å²) in [7, 11) is 4.84. The summed E-state index contributed by atoms with van der Waals surface area (Å²) in [5, 5.41) is 9.32. The molecule has 9 nitrogen and oxygen atoms in total. The largest absolute Gasteiger partial charge is 0.496 e. The van der Waals surface area contributed by atoms with E-state index in [2.05, 4.69) is 10.1 Å². The minimum Gasteiger partial charge on any atom is -0.496 e. The fraction of sp³-hybridized carbons (Fsp3) is 0.125. The van der Waals surface area contributed by atoms with Crippen LogP contribution in [0.15, 0.2) is 77.7 Å². The zero-order valence-corrected chi connectivity index (χ0v) is 24.3. The van der Waals surface area contributed by atoms with Gasteiger partial charge in [-0.25, -0.2) is 4.68 Å². The first kappa shape index (κ1) is 27.0. The maximum atomic E-state index is 13.4. The van der Waals surface area contributed by atoms with Crippen molar-refractivity contribution in [2.75, 3.05) is 21.3 Å². The molecule has 210 valence electrons. The molecule has 10 heteroatoms. The van der Waals surface area contributed by atoms with E-state index in [0.29, 0.717) is 26.8 Å². The number of fused-ring (bicyclic) bond motifs is 1. The molecule has 3 heterocycles. The van der Waals surface area contributed by atoms with Crippen LogP contribution in [0.3, 0.4) is 0 Å². The number of hydrogen-bond acceptors (Lipinski definition) is 8. The molecular formula is C32H27N5O4S. The van der Waals surface area contributed by atoms with Gasteiger partial charge in [-0.15, -0.1) is 5.10 Å². The predicted octanol–water partition coefficient (Wildman–Crippen LogP) is 5.06. The topological polar surface area (TPSA) is 92.8 Å². The fourth-order valence-corrected chi connectivity index (χ4v) is 5.55. The molecule has 0 amide bonds. The summed E-state index contributed by atoms with van der Waals surface area (Å²) in [4.78, 5) is 18.5. The van der Waals surface area contributed by atoms with Gasteiger partial charge in [-0.2, -0.15) is 14.6 Å². The normalized spacial score (nSPS) is 12.0. The molecular weight excluding hydrogens is 550 g/mol. The lowest BCUT2D eigenvalue weighted by atomic mass is 10.0. The lowest BCUT2D eigenvalue weighted by Gasteiger charge is -2.07. The van der Waals surface area contributed by atoms with E-state index in [1.54, 1.807) is 27.4 Å². The molecule has 0 fully saturated rings. The van der Waals surface area contributed by atoms with E-state index in [1.807, 2.05) is 96.7 Å². The predicted molar refractivity (Wildman–Crippen MR) is 165 cm³/mol. The third-order valence-corrected chi connectivity index (χ3v) is 7.71. The maximum Gasteiger partial charge on any atom is 0.291 e. The van der Waals surface area contributed by atoms with Crippen LogP contribution in [0, 0.1) is 6.92 Å². The standard InChI is InChI=1S/C32H27N5O4S/c1-20-16-22(12-14-25(20)39-2)30-23(19-36(35-30)24-8-6-5-7-9-24)18-28-31(38)37-32(42-28)33-29(34-37)15-11-21-10-13-26(40-3)27(17-21)41-4/h5-19H,1-4H3/b15-11+,28-18-. The molecule has 42 heavy (non-hydrogen) atoms. The van der Waals surface area contributed by atoms with Gasteiger partial charge in [0.2, 0.25) is 4.96 Å². The summed E-state index contributed by atoms with van der Waals surface area (Å²) in [5.41, 5.74) is 5.03. The van der Waals surface area contributed by atoms with Crippen LogP contribution >= 0.6 is 11.3 Å². The van der Waals surface area contributed by atoms with Crippen LogP contribution in [0.1, 0.15) is 22.5 Å². The minimum absolute atomic E-state index is 0.238. The van der Waals surface area contributed by atoms with Crippen LogP contribution < -0.4 is 24.3 Å². The SMILES string of the molecule is COc1ccc(-c2nn(-c3ccccc3)cc2/C=c2\sc3nc(/C=C/c4ccc(OC)c(OC)c4)nn3c2=O)cc1C. The van der Waals surface area contributed by atoms with Crippen molar-refractivity contribution in [2.24, 2.45) is 0 Å². The van der Waals surface area contributed by atoms with E-state index in [4.69, 9.17) is 19.3 Å². The molecule has 3 aromatic heterocycles. The number of hydrogen-bond donors (Lipinski definition) is 0. The lowest BCUT2D eigenvalue weighted by Crippen LogP contribution is -2.23. The molecule has 0 N–H and O–H groups in total. The van der Waals surface area contributed by atoms with Gasteiger partial charge in [-0.3, -0.25) is 4.79 Å². The third kappa shape index (κ3) is 5.15. The van der Waals surface area contributed by atoms with Crippen molar-refractivity contribution in [2.45, 2.75) is 6.92 Å². The summed E-state index contributed by atoms with van der Waals surface area (Å²) in [6, 6.07) is 21.4. The Morgan fingerprint density at radius 2 is 1.60 bits per heavy atom. The van der Waals surface area contributed by atoms with Crippen molar-refractivity contribution in [3.8, 4) is 34.2 Å². The van der Waals surface area contributed by atoms with Crippen molar-refractivity contribution in [3.05, 3.63) is 110 Å². The van der Waals surface area contributed by atoms with Gasteiger partial charge in [0.1, 0.15) is 11.4 Å². The summed E-state index contributed by atoms with van der Waals surface area (Å²) < 4.78 is 19.8. The smallest absolute Gasteiger partial charge is 0.291 e. The lowest BCUT2D eigenvalue weighted by molar-refractivity contribution is 0.355. The average Bonchev–Trinajstić information content (AvgIpc) is 3.70. The molecule has 6 rings (SSSR count). The number of nitrogens with zero attached hydrogens (tertiary/aromatic N) is 5. The molecule has 0 bridgehead atoms. The number of para-hydroxylation sites is 1. The van der Waals surface area contributed by atoms with Gasteiger partial charge in [0.05, 0.1) is 31.5 Å². The molecule has 0 saturated heterocycles. The summed E-state index contributed by atoms with van der Waals surface area (Å²) >= 11 is 1.28. The van der Waals surface area contributed by atoms with Crippen LogP contribution in [0.25, 0.3) is 40.1 Å². The molecule has 0 radical (unpaired) electrons. The van der Waals surface area contributed by atoms with Crippen molar-refractivity contribution in [3.63, 3.8) is 0 Å². The Morgan fingerprint density at radius 1 is 0.833 bits per heavy atom. The van der Waals surface area contributed by atoms with Crippen molar-refractivity contribution in [1.29, 1.82) is 0 Å². The Balaban J connectivity index is 1.38. The fourth-order valence-electron chi connectivity index (χ4n) is 4.64. The zero-order valence-electron chi connectivity index (χ0n) is 23.4. The molecule has 0 saturated carbocycles. The highest BCUT2D eigenvalue weighted by atomic mass is 32.1. The first-order chi connectivity index (χ1) is 20.5. The van der Waals surface area contributed by atoms with Crippen molar-refractivity contribution < 1.29 is 14.2 Å². The molecule has 0 aliphatic rings. The number of ether oxygens (including phenoxy) is 3. The summed E-state index contributed by atoms with van der Waals surface area (Å²) in [6.45, 7) is 1.99. The highest BCUT2D eigenvalue weighted by Crippen LogP contribution is 2.30. The van der Waals surface area contributed by atoms with Gasteiger partial charge in [0.25, 0.3) is 5.56 Å². The van der Waals surface area contributed by atoms with Crippen LogP contribution in [0.2, 0.25) is 0 Å². The summed E-state index contributed by atoms with van der Waals surface area (Å²) in [6.07, 6.45) is 7.40. The van der Waals surface area contributed by atoms with Crippen molar-refractivity contribution in [1.82, 2.24) is 24.4 Å². The number of rotatable bonds is 8. The molecule has 0 unspecified atom stereocenters. The minimum atomic E-state index is -0.238. The molecule has 6 aromatic rings. The highest BCUT2D eigenvalue weighted by molar-refractivity contribution is 7.15. The number of methoxy groups -OCH3 is 3. The third-order valence-electron chi connectivity index (χ3n) is 6.75. The van der Waals surface area contributed by atoms with Crippen LogP contribution in [-0.4, -0.2) is 45.7 Å².